The number of amides is 1. The smallest absolute Gasteiger partial charge is 0.319 e. The SMILES string of the molecule is [C-]#[N+]C[C@H]1CN(c2nc(OC[C@@]34CCCN3C[C@H](F)C4)nc3c(F)c(-c4cccc(Cl)c4C4CC4)ncc23)CCN1C(=O)/C=C/CBr. The van der Waals surface area contributed by atoms with Gasteiger partial charge in [0.2, 0.25) is 12.5 Å². The van der Waals surface area contributed by atoms with Crippen LogP contribution in [0, 0.1) is 12.4 Å². The Bertz CT molecular complexity index is 1770. The number of halogens is 4. The van der Waals surface area contributed by atoms with Gasteiger partial charge in [0.1, 0.15) is 35.8 Å². The molecule has 1 aliphatic carbocycles. The van der Waals surface area contributed by atoms with Gasteiger partial charge in [-0.2, -0.15) is 9.97 Å². The van der Waals surface area contributed by atoms with Gasteiger partial charge in [-0.05, 0) is 55.9 Å². The van der Waals surface area contributed by atoms with Crippen LogP contribution in [0.2, 0.25) is 5.02 Å². The van der Waals surface area contributed by atoms with Crippen molar-refractivity contribution in [2.24, 2.45) is 0 Å². The molecule has 5 heterocycles. The molecule has 7 rings (SSSR count). The summed E-state index contributed by atoms with van der Waals surface area (Å²) in [5, 5.41) is 1.54. The minimum absolute atomic E-state index is 0.00100. The summed E-state index contributed by atoms with van der Waals surface area (Å²) in [6.45, 7) is 10.1. The number of fused-ring (bicyclic) bond motifs is 2. The number of nitrogens with zero attached hydrogens (tertiary/aromatic N) is 7. The van der Waals surface area contributed by atoms with Crippen molar-refractivity contribution in [3.63, 3.8) is 0 Å². The van der Waals surface area contributed by atoms with Crippen molar-refractivity contribution in [1.29, 1.82) is 0 Å². The van der Waals surface area contributed by atoms with Gasteiger partial charge in [0.05, 0.1) is 10.9 Å². The molecule has 3 saturated heterocycles. The Morgan fingerprint density at radius 3 is 2.87 bits per heavy atom. The molecule has 0 bridgehead atoms. The average molecular weight is 727 g/mol. The van der Waals surface area contributed by atoms with Gasteiger partial charge < -0.3 is 19.4 Å². The molecule has 4 aliphatic rings. The van der Waals surface area contributed by atoms with Crippen LogP contribution in [0.25, 0.3) is 27.0 Å². The quantitative estimate of drug-likeness (QED) is 0.148. The number of benzene rings is 1. The molecular weight excluding hydrogens is 692 g/mol. The first-order valence-electron chi connectivity index (χ1n) is 16.1. The van der Waals surface area contributed by atoms with Gasteiger partial charge >= 0.3 is 6.01 Å². The predicted octanol–water partition coefficient (Wildman–Crippen LogP) is 6.20. The number of piperazine rings is 1. The zero-order valence-electron chi connectivity index (χ0n) is 25.8. The number of rotatable bonds is 9. The first kappa shape index (κ1) is 32.2. The molecule has 2 aromatic heterocycles. The highest BCUT2D eigenvalue weighted by molar-refractivity contribution is 9.09. The fraction of sp³-hybridized carbons (Fsp3) is 0.500. The topological polar surface area (TPSA) is 79.1 Å². The van der Waals surface area contributed by atoms with Crippen LogP contribution in [-0.4, -0.2) is 99.6 Å². The Morgan fingerprint density at radius 1 is 1.23 bits per heavy atom. The van der Waals surface area contributed by atoms with Crippen LogP contribution in [0.15, 0.2) is 36.5 Å². The molecule has 3 aromatic rings. The molecule has 1 saturated carbocycles. The summed E-state index contributed by atoms with van der Waals surface area (Å²) in [7, 11) is 0. The Morgan fingerprint density at radius 2 is 2.09 bits per heavy atom. The lowest BCUT2D eigenvalue weighted by Crippen LogP contribution is -2.56. The normalized spacial score (nSPS) is 24.7. The molecule has 1 aromatic carbocycles. The van der Waals surface area contributed by atoms with Crippen LogP contribution < -0.4 is 9.64 Å². The van der Waals surface area contributed by atoms with Gasteiger partial charge in [0.15, 0.2) is 5.82 Å². The zero-order chi connectivity index (χ0) is 32.7. The van der Waals surface area contributed by atoms with Gasteiger partial charge in [0.25, 0.3) is 0 Å². The third-order valence-corrected chi connectivity index (χ3v) is 10.6. The summed E-state index contributed by atoms with van der Waals surface area (Å²) in [5.74, 6) is -0.0811. The monoisotopic (exact) mass is 725 g/mol. The Balaban J connectivity index is 1.29. The van der Waals surface area contributed by atoms with Gasteiger partial charge in [-0.1, -0.05) is 45.7 Å². The van der Waals surface area contributed by atoms with E-state index >= 15 is 4.39 Å². The van der Waals surface area contributed by atoms with Gasteiger partial charge in [-0.15, -0.1) is 0 Å². The highest BCUT2D eigenvalue weighted by Gasteiger charge is 2.49. The molecule has 3 atom stereocenters. The third kappa shape index (κ3) is 6.18. The van der Waals surface area contributed by atoms with Crippen LogP contribution >= 0.6 is 27.5 Å². The van der Waals surface area contributed by atoms with E-state index in [0.29, 0.717) is 59.7 Å². The minimum atomic E-state index is -0.917. The van der Waals surface area contributed by atoms with Crippen molar-refractivity contribution in [1.82, 2.24) is 24.8 Å². The second kappa shape index (κ2) is 13.2. The number of alkyl halides is 2. The van der Waals surface area contributed by atoms with Crippen LogP contribution in [0.5, 0.6) is 6.01 Å². The van der Waals surface area contributed by atoms with Crippen LogP contribution in [0.1, 0.15) is 43.6 Å². The highest BCUT2D eigenvalue weighted by atomic mass is 79.9. The van der Waals surface area contributed by atoms with Crippen molar-refractivity contribution in [2.75, 3.05) is 56.1 Å². The maximum absolute atomic E-state index is 16.7. The molecular formula is C34H35BrClF2N7O2. The van der Waals surface area contributed by atoms with Crippen molar-refractivity contribution >= 4 is 50.2 Å². The van der Waals surface area contributed by atoms with E-state index in [2.05, 4.69) is 35.6 Å². The number of carbonyl (C=O) groups excluding carboxylic acids is 1. The summed E-state index contributed by atoms with van der Waals surface area (Å²) < 4.78 is 37.5. The van der Waals surface area contributed by atoms with Gasteiger partial charge in [-0.3, -0.25) is 14.7 Å². The number of anilines is 1. The van der Waals surface area contributed by atoms with E-state index in [0.717, 1.165) is 37.8 Å². The summed E-state index contributed by atoms with van der Waals surface area (Å²) >= 11 is 9.91. The summed E-state index contributed by atoms with van der Waals surface area (Å²) in [4.78, 5) is 36.4. The second-order valence-corrected chi connectivity index (χ2v) is 13.9. The second-order valence-electron chi connectivity index (χ2n) is 12.9. The van der Waals surface area contributed by atoms with E-state index in [1.165, 1.54) is 6.08 Å². The Hall–Kier alpha value is -3.40. The van der Waals surface area contributed by atoms with Crippen molar-refractivity contribution in [2.45, 2.75) is 55.8 Å². The predicted molar refractivity (Wildman–Crippen MR) is 180 cm³/mol. The molecule has 47 heavy (non-hydrogen) atoms. The first-order valence-corrected chi connectivity index (χ1v) is 17.6. The van der Waals surface area contributed by atoms with Gasteiger partial charge in [-0.25, -0.2) is 15.4 Å². The van der Waals surface area contributed by atoms with Crippen LogP contribution in [0.3, 0.4) is 0 Å². The number of hydrogen-bond donors (Lipinski definition) is 0. The number of ether oxygens (including phenoxy) is 1. The summed E-state index contributed by atoms with van der Waals surface area (Å²) in [6.07, 6.45) is 8.04. The molecule has 0 unspecified atom stereocenters. The van der Waals surface area contributed by atoms with Crippen molar-refractivity contribution in [3.05, 3.63) is 64.4 Å². The van der Waals surface area contributed by atoms with E-state index in [1.54, 1.807) is 23.2 Å². The molecule has 1 amide bonds. The van der Waals surface area contributed by atoms with E-state index in [9.17, 15) is 9.18 Å². The molecule has 0 spiro atoms. The number of allylic oxidation sites excluding steroid dienone is 1. The number of hydrogen-bond acceptors (Lipinski definition) is 7. The largest absolute Gasteiger partial charge is 0.461 e. The lowest BCUT2D eigenvalue weighted by Gasteiger charge is -2.39. The van der Waals surface area contributed by atoms with Gasteiger partial charge in [0, 0.05) is 54.7 Å². The van der Waals surface area contributed by atoms with E-state index in [-0.39, 0.29) is 42.2 Å². The number of aromatic nitrogens is 3. The Labute approximate surface area is 285 Å². The first-order chi connectivity index (χ1) is 22.8. The molecule has 0 N–H and O–H groups in total. The van der Waals surface area contributed by atoms with Crippen molar-refractivity contribution < 1.29 is 18.3 Å². The lowest BCUT2D eigenvalue weighted by atomic mass is 9.95. The lowest BCUT2D eigenvalue weighted by molar-refractivity contribution is -0.128. The van der Waals surface area contributed by atoms with E-state index < -0.39 is 23.6 Å². The fourth-order valence-electron chi connectivity index (χ4n) is 7.53. The average Bonchev–Trinajstić information content (AvgIpc) is 3.76. The maximum Gasteiger partial charge on any atom is 0.319 e. The van der Waals surface area contributed by atoms with Crippen molar-refractivity contribution in [3.8, 4) is 17.3 Å². The summed E-state index contributed by atoms with van der Waals surface area (Å²) in [6, 6.07) is 5.05. The fourth-order valence-corrected chi connectivity index (χ4v) is 8.05. The molecule has 9 nitrogen and oxygen atoms in total. The van der Waals surface area contributed by atoms with E-state index in [1.807, 2.05) is 17.0 Å². The molecule has 246 valence electrons. The third-order valence-electron chi connectivity index (χ3n) is 9.88. The van der Waals surface area contributed by atoms with Crippen LogP contribution in [-0.2, 0) is 4.79 Å². The number of carbonyl (C=O) groups is 1. The standard InChI is InChI=1S/C34H35BrClF2N7O2/c1-39-16-23-19-43(13-14-45(23)27(46)7-3-11-35)32-25-17-40-30(24-5-2-6-26(36)28(24)21-8-9-21)29(38)31(25)41-33(42-32)47-20-34-10-4-12-44(34)18-22(37)15-34/h2-3,5-7,17,21-23H,4,8-16,18-20H2/b7-3+/t22-,23+,34+/m1/s1. The molecule has 13 heteroatoms. The Kier molecular flexibility index (Phi) is 9.06. The number of pyridine rings is 1. The highest BCUT2D eigenvalue weighted by Crippen LogP contribution is 2.48. The van der Waals surface area contributed by atoms with E-state index in [4.69, 9.17) is 27.9 Å². The maximum atomic E-state index is 16.7. The zero-order valence-corrected chi connectivity index (χ0v) is 28.2. The van der Waals surface area contributed by atoms with Crippen LogP contribution in [0.4, 0.5) is 14.6 Å². The molecule has 4 fully saturated rings. The molecule has 0 radical (unpaired) electrons. The summed E-state index contributed by atoms with van der Waals surface area (Å²) in [5.41, 5.74) is 1.32. The minimum Gasteiger partial charge on any atom is -0.461 e. The molecule has 3 aliphatic heterocycles.